The van der Waals surface area contributed by atoms with Gasteiger partial charge in [-0.15, -0.1) is 0 Å². The second-order valence-corrected chi connectivity index (χ2v) is 11.3. The molecule has 2 aromatic rings. The Bertz CT molecular complexity index is 1230. The lowest BCUT2D eigenvalue weighted by molar-refractivity contribution is -0.126. The number of nitrogens with zero attached hydrogens (tertiary/aromatic N) is 1. The van der Waals surface area contributed by atoms with Crippen LogP contribution in [0.25, 0.3) is 0 Å². The smallest absolute Gasteiger partial charge is 0.270 e. The van der Waals surface area contributed by atoms with Gasteiger partial charge in [-0.25, -0.2) is 21.6 Å². The molecule has 1 N–H and O–H groups in total. The number of nitrogens with one attached hydrogen (secondary N) is 1. The molecular weight excluding hydrogens is 481 g/mol. The second-order valence-electron chi connectivity index (χ2n) is 9.31. The predicted molar refractivity (Wildman–Crippen MR) is 125 cm³/mol. The van der Waals surface area contributed by atoms with Gasteiger partial charge in [0.15, 0.2) is 9.84 Å². The Morgan fingerprint density at radius 3 is 2.40 bits per heavy atom. The van der Waals surface area contributed by atoms with Crippen LogP contribution in [0.4, 0.5) is 13.2 Å². The van der Waals surface area contributed by atoms with Crippen LogP contribution in [-0.4, -0.2) is 44.0 Å². The lowest BCUT2D eigenvalue weighted by Crippen LogP contribution is -2.47. The van der Waals surface area contributed by atoms with Gasteiger partial charge in [-0.05, 0) is 43.0 Å². The normalized spacial score (nSPS) is 17.5. The van der Waals surface area contributed by atoms with E-state index in [1.54, 1.807) is 13.8 Å². The SMILES string of the molecule is CC(C)[C@@H](NC(=O)[C@H]1CCCN1C(=O)c1cccc(S(C)(=O)=O)c1)c1ccc(C(C)(F)F)cc1F. The summed E-state index contributed by atoms with van der Waals surface area (Å²) in [6.07, 6.45) is 2.00. The zero-order valence-electron chi connectivity index (χ0n) is 20.0. The molecule has 10 heteroatoms. The van der Waals surface area contributed by atoms with E-state index in [1.165, 1.54) is 35.2 Å². The number of sulfone groups is 1. The van der Waals surface area contributed by atoms with Crippen LogP contribution >= 0.6 is 0 Å². The topological polar surface area (TPSA) is 83.6 Å². The van der Waals surface area contributed by atoms with Crippen molar-refractivity contribution in [3.8, 4) is 0 Å². The number of hydrogen-bond acceptors (Lipinski definition) is 4. The first kappa shape index (κ1) is 26.7. The van der Waals surface area contributed by atoms with Gasteiger partial charge in [-0.3, -0.25) is 9.59 Å². The first-order valence-electron chi connectivity index (χ1n) is 11.3. The molecule has 0 aromatic heterocycles. The molecule has 6 nitrogen and oxygen atoms in total. The first-order valence-corrected chi connectivity index (χ1v) is 13.2. The van der Waals surface area contributed by atoms with Crippen molar-refractivity contribution >= 4 is 21.7 Å². The molecule has 2 atom stereocenters. The number of carbonyl (C=O) groups is 2. The van der Waals surface area contributed by atoms with E-state index in [4.69, 9.17) is 0 Å². The van der Waals surface area contributed by atoms with Gasteiger partial charge >= 0.3 is 0 Å². The van der Waals surface area contributed by atoms with Gasteiger partial charge in [0.05, 0.1) is 10.9 Å². The lowest BCUT2D eigenvalue weighted by Gasteiger charge is -2.29. The third-order valence-corrected chi connectivity index (χ3v) is 7.24. The number of rotatable bonds is 7. The van der Waals surface area contributed by atoms with Crippen molar-refractivity contribution in [2.75, 3.05) is 12.8 Å². The molecule has 1 fully saturated rings. The Labute approximate surface area is 203 Å². The maximum absolute atomic E-state index is 14.8. The third kappa shape index (κ3) is 6.04. The van der Waals surface area contributed by atoms with Gasteiger partial charge in [-0.2, -0.15) is 0 Å². The van der Waals surface area contributed by atoms with Crippen molar-refractivity contribution < 1.29 is 31.2 Å². The van der Waals surface area contributed by atoms with Crippen molar-refractivity contribution in [2.45, 2.75) is 56.5 Å². The fourth-order valence-electron chi connectivity index (χ4n) is 4.21. The molecular formula is C25H29F3N2O4S. The fraction of sp³-hybridized carbons (Fsp3) is 0.440. The Kier molecular flexibility index (Phi) is 7.64. The van der Waals surface area contributed by atoms with E-state index in [0.717, 1.165) is 18.4 Å². The highest BCUT2D eigenvalue weighted by atomic mass is 32.2. The number of likely N-dealkylation sites (tertiary alicyclic amines) is 1. The Hall–Kier alpha value is -2.88. The molecule has 0 radical (unpaired) electrons. The summed E-state index contributed by atoms with van der Waals surface area (Å²) in [7, 11) is -3.52. The van der Waals surface area contributed by atoms with Gasteiger partial charge in [0.25, 0.3) is 11.8 Å². The van der Waals surface area contributed by atoms with Crippen LogP contribution in [0.15, 0.2) is 47.4 Å². The van der Waals surface area contributed by atoms with Crippen molar-refractivity contribution in [3.63, 3.8) is 0 Å². The minimum atomic E-state index is -3.52. The molecule has 1 aliphatic heterocycles. The molecule has 3 rings (SSSR count). The van der Waals surface area contributed by atoms with Crippen LogP contribution < -0.4 is 5.32 Å². The van der Waals surface area contributed by atoms with Gasteiger partial charge in [0, 0.05) is 36.4 Å². The average Bonchev–Trinajstić information content (AvgIpc) is 3.26. The summed E-state index contributed by atoms with van der Waals surface area (Å²) >= 11 is 0. The number of hydrogen-bond donors (Lipinski definition) is 1. The van der Waals surface area contributed by atoms with Gasteiger partial charge < -0.3 is 10.2 Å². The third-order valence-electron chi connectivity index (χ3n) is 6.13. The van der Waals surface area contributed by atoms with Crippen molar-refractivity contribution in [3.05, 3.63) is 65.0 Å². The standard InChI is InChI=1S/C25H29F3N2O4S/c1-15(2)22(19-11-10-17(14-20(19)26)25(3,27)28)29-23(31)21-9-6-12-30(21)24(32)16-7-5-8-18(13-16)35(4,33)34/h5,7-8,10-11,13-15,21-22H,6,9,12H2,1-4H3,(H,29,31)/t21-,22-/m1/s1. The average molecular weight is 511 g/mol. The Morgan fingerprint density at radius 2 is 1.83 bits per heavy atom. The molecule has 1 aliphatic rings. The van der Waals surface area contributed by atoms with E-state index in [9.17, 15) is 31.2 Å². The predicted octanol–water partition coefficient (Wildman–Crippen LogP) is 4.46. The molecule has 35 heavy (non-hydrogen) atoms. The van der Waals surface area contributed by atoms with Gasteiger partial charge in [-0.1, -0.05) is 32.0 Å². The summed E-state index contributed by atoms with van der Waals surface area (Å²) in [4.78, 5) is 27.7. The quantitative estimate of drug-likeness (QED) is 0.596. The van der Waals surface area contributed by atoms with Crippen LogP contribution in [0.3, 0.4) is 0 Å². The van der Waals surface area contributed by atoms with Crippen LogP contribution in [0, 0.1) is 11.7 Å². The van der Waals surface area contributed by atoms with Crippen molar-refractivity contribution in [1.29, 1.82) is 0 Å². The van der Waals surface area contributed by atoms with Crippen molar-refractivity contribution in [2.24, 2.45) is 5.92 Å². The highest BCUT2D eigenvalue weighted by Gasteiger charge is 2.36. The number of benzene rings is 2. The summed E-state index contributed by atoms with van der Waals surface area (Å²) in [5.41, 5.74) is -0.232. The summed E-state index contributed by atoms with van der Waals surface area (Å²) in [6, 6.07) is 7.17. The molecule has 0 spiro atoms. The van der Waals surface area contributed by atoms with Crippen LogP contribution in [0.1, 0.15) is 61.1 Å². The zero-order chi connectivity index (χ0) is 26.1. The Balaban J connectivity index is 1.83. The molecule has 2 amide bonds. The van der Waals surface area contributed by atoms with E-state index in [-0.39, 0.29) is 21.9 Å². The maximum atomic E-state index is 14.8. The largest absolute Gasteiger partial charge is 0.347 e. The van der Waals surface area contributed by atoms with Gasteiger partial charge in [0.2, 0.25) is 5.91 Å². The molecule has 1 heterocycles. The van der Waals surface area contributed by atoms with E-state index < -0.39 is 51.0 Å². The molecule has 1 saturated heterocycles. The van der Waals surface area contributed by atoms with E-state index >= 15 is 0 Å². The number of halogens is 3. The fourth-order valence-corrected chi connectivity index (χ4v) is 4.88. The molecule has 0 bridgehead atoms. The summed E-state index contributed by atoms with van der Waals surface area (Å²) in [5, 5.41) is 2.79. The highest BCUT2D eigenvalue weighted by Crippen LogP contribution is 2.32. The number of alkyl halides is 2. The Morgan fingerprint density at radius 1 is 1.14 bits per heavy atom. The minimum Gasteiger partial charge on any atom is -0.347 e. The lowest BCUT2D eigenvalue weighted by atomic mass is 9.93. The van der Waals surface area contributed by atoms with Crippen LogP contribution in [-0.2, 0) is 20.6 Å². The summed E-state index contributed by atoms with van der Waals surface area (Å²) < 4.78 is 65.7. The van der Waals surface area contributed by atoms with E-state index in [0.29, 0.717) is 26.3 Å². The van der Waals surface area contributed by atoms with E-state index in [2.05, 4.69) is 5.32 Å². The molecule has 0 aliphatic carbocycles. The zero-order valence-corrected chi connectivity index (χ0v) is 20.8. The molecule has 0 unspecified atom stereocenters. The highest BCUT2D eigenvalue weighted by molar-refractivity contribution is 7.90. The molecule has 0 saturated carbocycles. The maximum Gasteiger partial charge on any atom is 0.270 e. The second kappa shape index (κ2) is 10.0. The van der Waals surface area contributed by atoms with Crippen LogP contribution in [0.2, 0.25) is 0 Å². The van der Waals surface area contributed by atoms with Gasteiger partial charge in [0.1, 0.15) is 11.9 Å². The van der Waals surface area contributed by atoms with Crippen molar-refractivity contribution in [1.82, 2.24) is 10.2 Å². The van der Waals surface area contributed by atoms with E-state index in [1.807, 2.05) is 0 Å². The monoisotopic (exact) mass is 510 g/mol. The summed E-state index contributed by atoms with van der Waals surface area (Å²) in [6.45, 7) is 4.52. The van der Waals surface area contributed by atoms with Crippen LogP contribution in [0.5, 0.6) is 0 Å². The number of carbonyl (C=O) groups excluding carboxylic acids is 2. The number of amides is 2. The molecule has 190 valence electrons. The summed E-state index contributed by atoms with van der Waals surface area (Å²) in [5.74, 6) is -5.28. The minimum absolute atomic E-state index is 0.000000758. The molecule has 2 aromatic carbocycles. The first-order chi connectivity index (χ1) is 16.2.